The SMILES string of the molecule is CCN(CC)C(=O)C(=O)Nc1ccccc1Sc1ccccc1. The Labute approximate surface area is 140 Å². The van der Waals surface area contributed by atoms with Gasteiger partial charge in [0.25, 0.3) is 0 Å². The molecule has 0 spiro atoms. The topological polar surface area (TPSA) is 49.4 Å². The van der Waals surface area contributed by atoms with Crippen LogP contribution in [-0.2, 0) is 9.59 Å². The average Bonchev–Trinajstić information content (AvgIpc) is 2.58. The van der Waals surface area contributed by atoms with E-state index >= 15 is 0 Å². The zero-order chi connectivity index (χ0) is 16.7. The van der Waals surface area contributed by atoms with E-state index in [-0.39, 0.29) is 0 Å². The van der Waals surface area contributed by atoms with Crippen molar-refractivity contribution in [3.8, 4) is 0 Å². The van der Waals surface area contributed by atoms with Gasteiger partial charge in [0.15, 0.2) is 0 Å². The van der Waals surface area contributed by atoms with Crippen molar-refractivity contribution in [3.63, 3.8) is 0 Å². The highest BCUT2D eigenvalue weighted by Crippen LogP contribution is 2.33. The molecule has 1 N–H and O–H groups in total. The largest absolute Gasteiger partial charge is 0.335 e. The summed E-state index contributed by atoms with van der Waals surface area (Å²) in [5, 5.41) is 2.73. The van der Waals surface area contributed by atoms with E-state index in [4.69, 9.17) is 0 Å². The van der Waals surface area contributed by atoms with Gasteiger partial charge in [-0.25, -0.2) is 0 Å². The number of carbonyl (C=O) groups excluding carboxylic acids is 2. The normalized spacial score (nSPS) is 10.2. The Hall–Kier alpha value is -2.27. The van der Waals surface area contributed by atoms with Crippen molar-refractivity contribution in [3.05, 3.63) is 54.6 Å². The van der Waals surface area contributed by atoms with Crippen LogP contribution in [-0.4, -0.2) is 29.8 Å². The number of rotatable bonds is 5. The molecule has 23 heavy (non-hydrogen) atoms. The third kappa shape index (κ3) is 4.60. The first-order valence-electron chi connectivity index (χ1n) is 7.57. The van der Waals surface area contributed by atoms with E-state index in [1.165, 1.54) is 4.90 Å². The predicted molar refractivity (Wildman–Crippen MR) is 93.6 cm³/mol. The number of carbonyl (C=O) groups is 2. The van der Waals surface area contributed by atoms with Gasteiger partial charge >= 0.3 is 11.8 Å². The number of likely N-dealkylation sites (N-methyl/N-ethyl adjacent to an activating group) is 1. The first kappa shape index (κ1) is 17.1. The zero-order valence-electron chi connectivity index (χ0n) is 13.3. The molecule has 2 aromatic carbocycles. The second kappa shape index (κ2) is 8.39. The van der Waals surface area contributed by atoms with Crippen LogP contribution < -0.4 is 5.32 Å². The fourth-order valence-corrected chi connectivity index (χ4v) is 3.03. The lowest BCUT2D eigenvalue weighted by Crippen LogP contribution is -2.39. The molecule has 0 aromatic heterocycles. The number of nitrogens with one attached hydrogen (secondary N) is 1. The second-order valence-electron chi connectivity index (χ2n) is 4.84. The molecule has 2 aromatic rings. The van der Waals surface area contributed by atoms with Gasteiger partial charge in [0.2, 0.25) is 0 Å². The third-order valence-electron chi connectivity index (χ3n) is 3.35. The molecule has 120 valence electrons. The van der Waals surface area contributed by atoms with E-state index in [0.717, 1.165) is 9.79 Å². The standard InChI is InChI=1S/C18H20N2O2S/c1-3-20(4-2)18(22)17(21)19-15-12-8-9-13-16(15)23-14-10-6-5-7-11-14/h5-13H,3-4H2,1-2H3,(H,19,21). The molecule has 0 radical (unpaired) electrons. The molecule has 0 unspecified atom stereocenters. The molecule has 2 amide bonds. The zero-order valence-corrected chi connectivity index (χ0v) is 14.1. The summed E-state index contributed by atoms with van der Waals surface area (Å²) in [6, 6.07) is 17.4. The molecule has 0 fully saturated rings. The molecule has 0 atom stereocenters. The highest BCUT2D eigenvalue weighted by atomic mass is 32.2. The lowest BCUT2D eigenvalue weighted by molar-refractivity contribution is -0.142. The van der Waals surface area contributed by atoms with Crippen LogP contribution in [0.3, 0.4) is 0 Å². The van der Waals surface area contributed by atoms with Crippen molar-refractivity contribution in [2.45, 2.75) is 23.6 Å². The smallest absolute Gasteiger partial charge is 0.313 e. The summed E-state index contributed by atoms with van der Waals surface area (Å²) in [6.07, 6.45) is 0. The van der Waals surface area contributed by atoms with E-state index in [1.807, 2.05) is 62.4 Å². The van der Waals surface area contributed by atoms with Gasteiger partial charge < -0.3 is 10.2 Å². The van der Waals surface area contributed by atoms with E-state index in [0.29, 0.717) is 18.8 Å². The number of para-hydroxylation sites is 1. The number of amides is 2. The molecule has 0 aliphatic rings. The second-order valence-corrected chi connectivity index (χ2v) is 5.96. The molecule has 0 bridgehead atoms. The first-order valence-corrected chi connectivity index (χ1v) is 8.39. The Bertz CT molecular complexity index is 670. The molecule has 4 nitrogen and oxygen atoms in total. The Morgan fingerprint density at radius 1 is 0.957 bits per heavy atom. The molecule has 5 heteroatoms. The van der Waals surface area contributed by atoms with E-state index in [9.17, 15) is 9.59 Å². The summed E-state index contributed by atoms with van der Waals surface area (Å²) in [6.45, 7) is 4.74. The molecule has 0 saturated heterocycles. The van der Waals surface area contributed by atoms with Gasteiger partial charge in [-0.05, 0) is 38.1 Å². The summed E-state index contributed by atoms with van der Waals surface area (Å²) < 4.78 is 0. The quantitative estimate of drug-likeness (QED) is 0.853. The molecule has 0 saturated carbocycles. The Kier molecular flexibility index (Phi) is 6.23. The van der Waals surface area contributed by atoms with Gasteiger partial charge in [-0.3, -0.25) is 9.59 Å². The Morgan fingerprint density at radius 3 is 2.22 bits per heavy atom. The number of nitrogens with zero attached hydrogens (tertiary/aromatic N) is 1. The lowest BCUT2D eigenvalue weighted by Gasteiger charge is -2.18. The highest BCUT2D eigenvalue weighted by molar-refractivity contribution is 7.99. The van der Waals surface area contributed by atoms with Crippen LogP contribution >= 0.6 is 11.8 Å². The number of hydrogen-bond donors (Lipinski definition) is 1. The van der Waals surface area contributed by atoms with Gasteiger partial charge in [0.05, 0.1) is 5.69 Å². The van der Waals surface area contributed by atoms with Crippen LogP contribution in [0.4, 0.5) is 5.69 Å². The van der Waals surface area contributed by atoms with Gasteiger partial charge in [-0.2, -0.15) is 0 Å². The third-order valence-corrected chi connectivity index (χ3v) is 4.43. The van der Waals surface area contributed by atoms with Crippen molar-refractivity contribution in [1.82, 2.24) is 4.90 Å². The van der Waals surface area contributed by atoms with E-state index < -0.39 is 11.8 Å². The molecule has 0 aliphatic carbocycles. The van der Waals surface area contributed by atoms with Crippen molar-refractivity contribution in [1.29, 1.82) is 0 Å². The first-order chi connectivity index (χ1) is 11.2. The van der Waals surface area contributed by atoms with E-state index in [2.05, 4.69) is 5.32 Å². The number of hydrogen-bond acceptors (Lipinski definition) is 3. The monoisotopic (exact) mass is 328 g/mol. The fraction of sp³-hybridized carbons (Fsp3) is 0.222. The maximum Gasteiger partial charge on any atom is 0.313 e. The Morgan fingerprint density at radius 2 is 1.57 bits per heavy atom. The highest BCUT2D eigenvalue weighted by Gasteiger charge is 2.20. The number of benzene rings is 2. The van der Waals surface area contributed by atoms with Gasteiger partial charge in [0, 0.05) is 22.9 Å². The lowest BCUT2D eigenvalue weighted by atomic mass is 10.3. The van der Waals surface area contributed by atoms with Crippen LogP contribution in [0.2, 0.25) is 0 Å². The van der Waals surface area contributed by atoms with Gasteiger partial charge in [-0.1, -0.05) is 42.1 Å². The minimum absolute atomic E-state index is 0.505. The van der Waals surface area contributed by atoms with Crippen LogP contribution in [0.1, 0.15) is 13.8 Å². The summed E-state index contributed by atoms with van der Waals surface area (Å²) in [7, 11) is 0. The van der Waals surface area contributed by atoms with Crippen LogP contribution in [0.5, 0.6) is 0 Å². The molecule has 0 heterocycles. The van der Waals surface area contributed by atoms with Crippen LogP contribution in [0.15, 0.2) is 64.4 Å². The average molecular weight is 328 g/mol. The fourth-order valence-electron chi connectivity index (χ4n) is 2.10. The maximum absolute atomic E-state index is 12.2. The van der Waals surface area contributed by atoms with Gasteiger partial charge in [0.1, 0.15) is 0 Å². The van der Waals surface area contributed by atoms with E-state index in [1.54, 1.807) is 17.8 Å². The number of anilines is 1. The molecular formula is C18H20N2O2S. The van der Waals surface area contributed by atoms with Gasteiger partial charge in [-0.15, -0.1) is 0 Å². The van der Waals surface area contributed by atoms with Crippen molar-refractivity contribution in [2.24, 2.45) is 0 Å². The summed E-state index contributed by atoms with van der Waals surface area (Å²) in [5.74, 6) is -1.11. The minimum Gasteiger partial charge on any atom is -0.335 e. The van der Waals surface area contributed by atoms with Crippen LogP contribution in [0.25, 0.3) is 0 Å². The minimum atomic E-state index is -0.602. The predicted octanol–water partition coefficient (Wildman–Crippen LogP) is 3.64. The molecular weight excluding hydrogens is 308 g/mol. The molecule has 0 aliphatic heterocycles. The summed E-state index contributed by atoms with van der Waals surface area (Å²) in [5.41, 5.74) is 0.645. The summed E-state index contributed by atoms with van der Waals surface area (Å²) in [4.78, 5) is 27.7. The molecule has 2 rings (SSSR count). The van der Waals surface area contributed by atoms with Crippen molar-refractivity contribution < 1.29 is 9.59 Å². The Balaban J connectivity index is 2.14. The maximum atomic E-state index is 12.2. The van der Waals surface area contributed by atoms with Crippen LogP contribution in [0, 0.1) is 0 Å². The van der Waals surface area contributed by atoms with Crippen molar-refractivity contribution in [2.75, 3.05) is 18.4 Å². The van der Waals surface area contributed by atoms with Crippen molar-refractivity contribution >= 4 is 29.3 Å². The summed E-state index contributed by atoms with van der Waals surface area (Å²) >= 11 is 1.55.